The minimum atomic E-state index is -1.27. The first-order valence-corrected chi connectivity index (χ1v) is 7.73. The maximum Gasteiger partial charge on any atom is 0.257 e. The second-order valence-electron chi connectivity index (χ2n) is 6.59. The van der Waals surface area contributed by atoms with E-state index in [0.717, 1.165) is 0 Å². The first-order valence-electron chi connectivity index (χ1n) is 7.73. The first kappa shape index (κ1) is 17.7. The normalized spacial score (nSPS) is 12.3. The molecule has 2 rings (SSSR count). The third-order valence-electron chi connectivity index (χ3n) is 3.24. The molecule has 0 radical (unpaired) electrons. The van der Waals surface area contributed by atoms with Gasteiger partial charge in [-0.05, 0) is 44.5 Å². The van der Waals surface area contributed by atoms with Crippen LogP contribution in [0.1, 0.15) is 42.8 Å². The zero-order valence-corrected chi connectivity index (χ0v) is 14.0. The number of aliphatic hydroxyl groups excluding tert-OH is 1. The third kappa shape index (κ3) is 4.93. The second-order valence-corrected chi connectivity index (χ2v) is 6.59. The molecule has 0 spiro atoms. The van der Waals surface area contributed by atoms with Crippen molar-refractivity contribution in [3.63, 3.8) is 0 Å². The lowest BCUT2D eigenvalue weighted by molar-refractivity contribution is -0.124. The summed E-state index contributed by atoms with van der Waals surface area (Å²) in [5.41, 5.74) is 1.06. The van der Waals surface area contributed by atoms with E-state index < -0.39 is 12.0 Å². The molecule has 0 fully saturated rings. The smallest absolute Gasteiger partial charge is 0.257 e. The molecule has 3 N–H and O–H groups in total. The highest BCUT2D eigenvalue weighted by Crippen LogP contribution is 2.17. The summed E-state index contributed by atoms with van der Waals surface area (Å²) in [5, 5.41) is 15.6. The van der Waals surface area contributed by atoms with Gasteiger partial charge in [0.05, 0.1) is 0 Å². The van der Waals surface area contributed by atoms with Crippen molar-refractivity contribution in [3.05, 3.63) is 65.7 Å². The molecule has 0 aromatic heterocycles. The van der Waals surface area contributed by atoms with Crippen molar-refractivity contribution in [2.75, 3.05) is 5.32 Å². The van der Waals surface area contributed by atoms with Crippen LogP contribution in [0.4, 0.5) is 5.69 Å². The number of benzene rings is 2. The van der Waals surface area contributed by atoms with Crippen LogP contribution in [0.25, 0.3) is 0 Å². The fourth-order valence-corrected chi connectivity index (χ4v) is 2.15. The molecule has 0 aliphatic carbocycles. The van der Waals surface area contributed by atoms with Crippen molar-refractivity contribution in [2.45, 2.75) is 32.4 Å². The highest BCUT2D eigenvalue weighted by atomic mass is 16.3. The summed E-state index contributed by atoms with van der Waals surface area (Å²) in [4.78, 5) is 24.3. The van der Waals surface area contributed by atoms with E-state index in [1.165, 1.54) is 0 Å². The summed E-state index contributed by atoms with van der Waals surface area (Å²) >= 11 is 0. The van der Waals surface area contributed by atoms with Crippen molar-refractivity contribution in [1.29, 1.82) is 0 Å². The number of anilines is 1. The largest absolute Gasteiger partial charge is 0.378 e. The minimum absolute atomic E-state index is 0.220. The van der Waals surface area contributed by atoms with Gasteiger partial charge in [0.1, 0.15) is 0 Å². The van der Waals surface area contributed by atoms with Gasteiger partial charge in [-0.2, -0.15) is 0 Å². The number of hydrogen-bond acceptors (Lipinski definition) is 3. The van der Waals surface area contributed by atoms with Crippen LogP contribution in [0.3, 0.4) is 0 Å². The molecule has 0 bridgehead atoms. The molecule has 0 aliphatic rings. The average Bonchev–Trinajstić information content (AvgIpc) is 2.53. The topological polar surface area (TPSA) is 78.4 Å². The number of carbonyl (C=O) groups is 2. The molecule has 2 amide bonds. The van der Waals surface area contributed by atoms with Crippen molar-refractivity contribution in [1.82, 2.24) is 5.32 Å². The zero-order chi connectivity index (χ0) is 17.7. The molecule has 5 nitrogen and oxygen atoms in total. The molecule has 0 heterocycles. The highest BCUT2D eigenvalue weighted by Gasteiger charge is 2.18. The van der Waals surface area contributed by atoms with Crippen LogP contribution in [-0.2, 0) is 4.79 Å². The average molecular weight is 326 g/mol. The van der Waals surface area contributed by atoms with Gasteiger partial charge in [0.2, 0.25) is 0 Å². The Morgan fingerprint density at radius 3 is 2.29 bits per heavy atom. The van der Waals surface area contributed by atoms with E-state index in [0.29, 0.717) is 16.8 Å². The van der Waals surface area contributed by atoms with Crippen LogP contribution < -0.4 is 10.6 Å². The summed E-state index contributed by atoms with van der Waals surface area (Å²) in [6, 6.07) is 15.3. The van der Waals surface area contributed by atoms with Gasteiger partial charge in [0.25, 0.3) is 11.8 Å². The van der Waals surface area contributed by atoms with E-state index in [4.69, 9.17) is 0 Å². The Balaban J connectivity index is 2.09. The SMILES string of the molecule is CC(C)(C)NC(=O)c1cccc(NC(=O)C(O)c2ccccc2)c1. The first-order chi connectivity index (χ1) is 11.3. The van der Waals surface area contributed by atoms with Crippen LogP contribution >= 0.6 is 0 Å². The standard InChI is InChI=1S/C19H22N2O3/c1-19(2,3)21-17(23)14-10-7-11-15(12-14)20-18(24)16(22)13-8-5-4-6-9-13/h4-12,16,22H,1-3H3,(H,20,24)(H,21,23). The van der Waals surface area contributed by atoms with Crippen LogP contribution in [-0.4, -0.2) is 22.5 Å². The van der Waals surface area contributed by atoms with Crippen LogP contribution in [0.15, 0.2) is 54.6 Å². The highest BCUT2D eigenvalue weighted by molar-refractivity contribution is 5.98. The summed E-state index contributed by atoms with van der Waals surface area (Å²) in [6.45, 7) is 5.69. The fourth-order valence-electron chi connectivity index (χ4n) is 2.15. The van der Waals surface area contributed by atoms with Gasteiger partial charge in [-0.1, -0.05) is 36.4 Å². The van der Waals surface area contributed by atoms with E-state index in [2.05, 4.69) is 10.6 Å². The Bertz CT molecular complexity index is 721. The van der Waals surface area contributed by atoms with Crippen molar-refractivity contribution in [2.24, 2.45) is 0 Å². The predicted octanol–water partition coefficient (Wildman–Crippen LogP) is 2.89. The van der Waals surface area contributed by atoms with E-state index in [1.807, 2.05) is 26.8 Å². The van der Waals surface area contributed by atoms with Crippen LogP contribution in [0.5, 0.6) is 0 Å². The molecule has 24 heavy (non-hydrogen) atoms. The minimum Gasteiger partial charge on any atom is -0.378 e. The van der Waals surface area contributed by atoms with Gasteiger partial charge >= 0.3 is 0 Å². The molecular formula is C19H22N2O3. The maximum absolute atomic E-state index is 12.2. The van der Waals surface area contributed by atoms with Gasteiger partial charge in [-0.3, -0.25) is 9.59 Å². The lowest BCUT2D eigenvalue weighted by atomic mass is 10.1. The van der Waals surface area contributed by atoms with E-state index in [1.54, 1.807) is 48.5 Å². The predicted molar refractivity (Wildman–Crippen MR) is 93.7 cm³/mol. The quantitative estimate of drug-likeness (QED) is 0.808. The van der Waals surface area contributed by atoms with Crippen LogP contribution in [0.2, 0.25) is 0 Å². The molecule has 2 aromatic carbocycles. The molecular weight excluding hydrogens is 304 g/mol. The van der Waals surface area contributed by atoms with Gasteiger partial charge < -0.3 is 15.7 Å². The molecule has 1 unspecified atom stereocenters. The summed E-state index contributed by atoms with van der Waals surface area (Å²) in [7, 11) is 0. The van der Waals surface area contributed by atoms with Gasteiger partial charge in [-0.15, -0.1) is 0 Å². The third-order valence-corrected chi connectivity index (χ3v) is 3.24. The number of nitrogens with one attached hydrogen (secondary N) is 2. The molecule has 0 saturated carbocycles. The van der Waals surface area contributed by atoms with Gasteiger partial charge in [-0.25, -0.2) is 0 Å². The summed E-state index contributed by atoms with van der Waals surface area (Å²) < 4.78 is 0. The van der Waals surface area contributed by atoms with Crippen LogP contribution in [0, 0.1) is 0 Å². The monoisotopic (exact) mass is 326 g/mol. The molecule has 126 valence electrons. The molecule has 0 aliphatic heterocycles. The Kier molecular flexibility index (Phi) is 5.36. The molecule has 2 aromatic rings. The van der Waals surface area contributed by atoms with Gasteiger partial charge in [0, 0.05) is 16.8 Å². The number of hydrogen-bond donors (Lipinski definition) is 3. The van der Waals surface area contributed by atoms with E-state index >= 15 is 0 Å². The van der Waals surface area contributed by atoms with Crippen molar-refractivity contribution >= 4 is 17.5 Å². The number of amides is 2. The maximum atomic E-state index is 12.2. The van der Waals surface area contributed by atoms with E-state index in [-0.39, 0.29) is 11.4 Å². The molecule has 1 atom stereocenters. The van der Waals surface area contributed by atoms with Gasteiger partial charge in [0.15, 0.2) is 6.10 Å². The summed E-state index contributed by atoms with van der Waals surface area (Å²) in [5.74, 6) is -0.767. The molecule has 5 heteroatoms. The summed E-state index contributed by atoms with van der Waals surface area (Å²) in [6.07, 6.45) is -1.27. The van der Waals surface area contributed by atoms with Crippen molar-refractivity contribution < 1.29 is 14.7 Å². The van der Waals surface area contributed by atoms with E-state index in [9.17, 15) is 14.7 Å². The number of rotatable bonds is 4. The Labute approximate surface area is 141 Å². The van der Waals surface area contributed by atoms with Crippen molar-refractivity contribution in [3.8, 4) is 0 Å². The number of aliphatic hydroxyl groups is 1. The second kappa shape index (κ2) is 7.27. The number of carbonyl (C=O) groups excluding carboxylic acids is 2. The Hall–Kier alpha value is -2.66. The molecule has 0 saturated heterocycles. The Morgan fingerprint density at radius 2 is 1.67 bits per heavy atom. The fraction of sp³-hybridized carbons (Fsp3) is 0.263. The Morgan fingerprint density at radius 1 is 1.00 bits per heavy atom. The lowest BCUT2D eigenvalue weighted by Gasteiger charge is -2.20. The zero-order valence-electron chi connectivity index (χ0n) is 14.0. The lowest BCUT2D eigenvalue weighted by Crippen LogP contribution is -2.40.